The Morgan fingerprint density at radius 2 is 1.76 bits per heavy atom. The molecule has 3 aromatic rings. The van der Waals surface area contributed by atoms with Crippen molar-refractivity contribution < 1.29 is 9.59 Å². The van der Waals surface area contributed by atoms with E-state index in [4.69, 9.17) is 16.9 Å². The van der Waals surface area contributed by atoms with Crippen LogP contribution < -0.4 is 10.9 Å². The van der Waals surface area contributed by atoms with Gasteiger partial charge in [0.1, 0.15) is 6.07 Å². The largest absolute Gasteiger partial charge is 0.273 e. The Balaban J connectivity index is 1.74. The first-order valence-corrected chi connectivity index (χ1v) is 10.8. The second-order valence-corrected chi connectivity index (χ2v) is 9.28. The third-order valence-electron chi connectivity index (χ3n) is 5.33. The van der Waals surface area contributed by atoms with Crippen molar-refractivity contribution in [3.05, 3.63) is 81.1 Å². The van der Waals surface area contributed by atoms with Crippen molar-refractivity contribution in [2.24, 2.45) is 5.41 Å². The van der Waals surface area contributed by atoms with Crippen molar-refractivity contribution in [3.63, 3.8) is 0 Å². The topological polar surface area (TPSA) is 99.8 Å². The van der Waals surface area contributed by atoms with E-state index >= 15 is 0 Å². The Morgan fingerprint density at radius 1 is 1.09 bits per heavy atom. The molecule has 0 aliphatic heterocycles. The number of nitrogens with zero attached hydrogens (tertiary/aromatic N) is 3. The SMILES string of the molecule is Cc1nn(-c2ccc(C#N)c(Cl)c2)c(C)c1Cc1ccc(C(=O)NNC(=O)C(C)(C)C)cc1. The van der Waals surface area contributed by atoms with Gasteiger partial charge in [0.15, 0.2) is 0 Å². The number of hydrogen-bond acceptors (Lipinski definition) is 4. The summed E-state index contributed by atoms with van der Waals surface area (Å²) in [5.41, 5.74) is 9.90. The van der Waals surface area contributed by atoms with Crippen LogP contribution >= 0.6 is 11.6 Å². The number of hydrogen-bond donors (Lipinski definition) is 2. The second-order valence-electron chi connectivity index (χ2n) is 8.87. The molecule has 7 nitrogen and oxygen atoms in total. The predicted octanol–water partition coefficient (Wildman–Crippen LogP) is 4.41. The van der Waals surface area contributed by atoms with Crippen molar-refractivity contribution in [1.29, 1.82) is 5.26 Å². The maximum atomic E-state index is 12.3. The zero-order chi connectivity index (χ0) is 24.3. The molecule has 33 heavy (non-hydrogen) atoms. The van der Waals surface area contributed by atoms with Gasteiger partial charge in [-0.15, -0.1) is 0 Å². The number of carbonyl (C=O) groups excluding carboxylic acids is 2. The summed E-state index contributed by atoms with van der Waals surface area (Å²) < 4.78 is 1.82. The van der Waals surface area contributed by atoms with E-state index in [1.54, 1.807) is 45.0 Å². The predicted molar refractivity (Wildman–Crippen MR) is 127 cm³/mol. The Bertz CT molecular complexity index is 1250. The average molecular weight is 464 g/mol. The number of aryl methyl sites for hydroxylation is 1. The molecule has 0 bridgehead atoms. The molecule has 0 unspecified atom stereocenters. The number of carbonyl (C=O) groups is 2. The summed E-state index contributed by atoms with van der Waals surface area (Å²) >= 11 is 6.19. The number of hydrazine groups is 1. The molecule has 170 valence electrons. The highest BCUT2D eigenvalue weighted by Gasteiger charge is 2.21. The molecule has 0 radical (unpaired) electrons. The molecule has 8 heteroatoms. The zero-order valence-electron chi connectivity index (χ0n) is 19.3. The van der Waals surface area contributed by atoms with Gasteiger partial charge in [0.05, 0.1) is 22.0 Å². The summed E-state index contributed by atoms with van der Waals surface area (Å²) in [6.07, 6.45) is 0.643. The van der Waals surface area contributed by atoms with Crippen molar-refractivity contribution in [2.75, 3.05) is 0 Å². The number of halogens is 1. The van der Waals surface area contributed by atoms with Crippen LogP contribution in [0.25, 0.3) is 5.69 Å². The summed E-state index contributed by atoms with van der Waals surface area (Å²) in [5.74, 6) is -0.643. The number of rotatable bonds is 4. The van der Waals surface area contributed by atoms with Crippen molar-refractivity contribution in [2.45, 2.75) is 41.0 Å². The molecular weight excluding hydrogens is 438 g/mol. The van der Waals surface area contributed by atoms with Crippen molar-refractivity contribution >= 4 is 23.4 Å². The number of nitriles is 1. The van der Waals surface area contributed by atoms with Crippen LogP contribution in [-0.2, 0) is 11.2 Å². The number of aromatic nitrogens is 2. The van der Waals surface area contributed by atoms with Crippen molar-refractivity contribution in [3.8, 4) is 11.8 Å². The number of nitrogens with one attached hydrogen (secondary N) is 2. The molecule has 0 spiro atoms. The van der Waals surface area contributed by atoms with E-state index in [9.17, 15) is 9.59 Å². The molecule has 2 aromatic carbocycles. The fraction of sp³-hybridized carbons (Fsp3) is 0.280. The highest BCUT2D eigenvalue weighted by atomic mass is 35.5. The second kappa shape index (κ2) is 9.47. The van der Waals surface area contributed by atoms with E-state index in [0.29, 0.717) is 22.6 Å². The third kappa shape index (κ3) is 5.41. The van der Waals surface area contributed by atoms with E-state index in [1.165, 1.54) is 0 Å². The van der Waals surface area contributed by atoms with Gasteiger partial charge in [-0.25, -0.2) is 4.68 Å². The van der Waals surface area contributed by atoms with Gasteiger partial charge in [-0.05, 0) is 49.7 Å². The third-order valence-corrected chi connectivity index (χ3v) is 5.64. The molecule has 0 aliphatic rings. The molecule has 0 saturated carbocycles. The lowest BCUT2D eigenvalue weighted by Crippen LogP contribution is -2.46. The van der Waals surface area contributed by atoms with Crippen LogP contribution in [0.5, 0.6) is 0 Å². The van der Waals surface area contributed by atoms with Gasteiger partial charge in [-0.1, -0.05) is 44.5 Å². The Labute approximate surface area is 198 Å². The minimum Gasteiger partial charge on any atom is -0.273 e. The van der Waals surface area contributed by atoms with Gasteiger partial charge in [-0.3, -0.25) is 20.4 Å². The van der Waals surface area contributed by atoms with Crippen LogP contribution in [-0.4, -0.2) is 21.6 Å². The molecule has 0 fully saturated rings. The van der Waals surface area contributed by atoms with E-state index in [2.05, 4.69) is 22.0 Å². The first-order chi connectivity index (χ1) is 15.5. The van der Waals surface area contributed by atoms with E-state index in [1.807, 2.05) is 36.7 Å². The van der Waals surface area contributed by atoms with E-state index < -0.39 is 5.41 Å². The molecule has 0 aliphatic carbocycles. The van der Waals surface area contributed by atoms with Crippen LogP contribution in [0.2, 0.25) is 5.02 Å². The summed E-state index contributed by atoms with van der Waals surface area (Å²) in [4.78, 5) is 24.2. The highest BCUT2D eigenvalue weighted by Crippen LogP contribution is 2.24. The number of amides is 2. The maximum Gasteiger partial charge on any atom is 0.269 e. The van der Waals surface area contributed by atoms with Gasteiger partial charge in [-0.2, -0.15) is 10.4 Å². The monoisotopic (exact) mass is 463 g/mol. The molecule has 1 heterocycles. The summed E-state index contributed by atoms with van der Waals surface area (Å²) in [7, 11) is 0. The van der Waals surface area contributed by atoms with E-state index in [0.717, 1.165) is 28.2 Å². The molecule has 1 aromatic heterocycles. The first-order valence-electron chi connectivity index (χ1n) is 10.5. The first kappa shape index (κ1) is 24.0. The average Bonchev–Trinajstić information content (AvgIpc) is 3.05. The highest BCUT2D eigenvalue weighted by molar-refractivity contribution is 6.31. The molecule has 2 N–H and O–H groups in total. The lowest BCUT2D eigenvalue weighted by molar-refractivity contribution is -0.129. The Morgan fingerprint density at radius 3 is 2.33 bits per heavy atom. The quantitative estimate of drug-likeness (QED) is 0.559. The molecular formula is C25H26ClN5O2. The Kier molecular flexibility index (Phi) is 6.89. The van der Waals surface area contributed by atoms with Gasteiger partial charge in [0.2, 0.25) is 5.91 Å². The van der Waals surface area contributed by atoms with Crippen LogP contribution in [0.3, 0.4) is 0 Å². The van der Waals surface area contributed by atoms with Crippen molar-refractivity contribution in [1.82, 2.24) is 20.6 Å². The molecule has 2 amide bonds. The van der Waals surface area contributed by atoms with Crippen LogP contribution in [0.15, 0.2) is 42.5 Å². The van der Waals surface area contributed by atoms with Gasteiger partial charge in [0, 0.05) is 28.7 Å². The maximum absolute atomic E-state index is 12.3. The zero-order valence-corrected chi connectivity index (χ0v) is 20.0. The lowest BCUT2D eigenvalue weighted by atomic mass is 9.96. The standard InChI is InChI=1S/C25H26ClN5O2/c1-15-21(16(2)31(30-15)20-11-10-19(14-27)22(26)13-20)12-17-6-8-18(9-7-17)23(32)28-29-24(33)25(3,4)5/h6-11,13H,12H2,1-5H3,(H,28,32)(H,29,33). The van der Waals surface area contributed by atoms with Gasteiger partial charge >= 0.3 is 0 Å². The molecule has 0 atom stereocenters. The van der Waals surface area contributed by atoms with Crippen LogP contribution in [0.1, 0.15) is 59.2 Å². The fourth-order valence-electron chi connectivity index (χ4n) is 3.26. The summed E-state index contributed by atoms with van der Waals surface area (Å²) in [6.45, 7) is 9.24. The fourth-order valence-corrected chi connectivity index (χ4v) is 3.48. The van der Waals surface area contributed by atoms with Crippen LogP contribution in [0, 0.1) is 30.6 Å². The minimum atomic E-state index is -0.597. The van der Waals surface area contributed by atoms with Gasteiger partial charge in [0.25, 0.3) is 5.91 Å². The van der Waals surface area contributed by atoms with E-state index in [-0.39, 0.29) is 11.8 Å². The minimum absolute atomic E-state index is 0.265. The normalized spacial score (nSPS) is 11.1. The summed E-state index contributed by atoms with van der Waals surface area (Å²) in [5, 5.41) is 14.1. The smallest absolute Gasteiger partial charge is 0.269 e. The molecule has 0 saturated heterocycles. The van der Waals surface area contributed by atoms with Crippen LogP contribution in [0.4, 0.5) is 0 Å². The number of benzene rings is 2. The lowest BCUT2D eigenvalue weighted by Gasteiger charge is -2.17. The molecule has 3 rings (SSSR count). The Hall–Kier alpha value is -3.63. The van der Waals surface area contributed by atoms with Gasteiger partial charge < -0.3 is 0 Å². The summed E-state index contributed by atoms with van der Waals surface area (Å²) in [6, 6.07) is 14.5.